The number of aryl methyl sites for hydroxylation is 1. The lowest BCUT2D eigenvalue weighted by Crippen LogP contribution is -2.00. The number of thioether (sulfide) groups is 1. The lowest BCUT2D eigenvalue weighted by atomic mass is 10.2. The SMILES string of the molecule is C=CCOc1ccc(/C=C(\Sc2nnc(C)o2)C(=O)O)cc1OCC. The summed E-state index contributed by atoms with van der Waals surface area (Å²) in [6, 6.07) is 5.18. The molecule has 0 fully saturated rings. The molecule has 7 nitrogen and oxygen atoms in total. The van der Waals surface area contributed by atoms with Crippen molar-refractivity contribution in [3.8, 4) is 11.5 Å². The molecule has 25 heavy (non-hydrogen) atoms. The van der Waals surface area contributed by atoms with Gasteiger partial charge in [-0.1, -0.05) is 18.7 Å². The zero-order valence-electron chi connectivity index (χ0n) is 13.9. The van der Waals surface area contributed by atoms with Crippen molar-refractivity contribution in [1.82, 2.24) is 10.2 Å². The Morgan fingerprint density at radius 1 is 1.36 bits per heavy atom. The number of aliphatic carboxylic acids is 1. The Kier molecular flexibility index (Phi) is 6.64. The van der Waals surface area contributed by atoms with Gasteiger partial charge in [0, 0.05) is 6.92 Å². The zero-order valence-corrected chi connectivity index (χ0v) is 14.7. The summed E-state index contributed by atoms with van der Waals surface area (Å²) in [7, 11) is 0. The van der Waals surface area contributed by atoms with Gasteiger partial charge in [-0.25, -0.2) is 4.79 Å². The van der Waals surface area contributed by atoms with Crippen LogP contribution in [0.2, 0.25) is 0 Å². The predicted molar refractivity (Wildman–Crippen MR) is 93.8 cm³/mol. The second-order valence-electron chi connectivity index (χ2n) is 4.74. The Hall–Kier alpha value is -2.74. The number of carboxylic acids is 1. The Labute approximate surface area is 149 Å². The summed E-state index contributed by atoms with van der Waals surface area (Å²) in [6.07, 6.45) is 3.14. The van der Waals surface area contributed by atoms with E-state index in [1.165, 1.54) is 6.08 Å². The summed E-state index contributed by atoms with van der Waals surface area (Å²) >= 11 is 0.886. The lowest BCUT2D eigenvalue weighted by molar-refractivity contribution is -0.131. The number of hydrogen-bond acceptors (Lipinski definition) is 7. The van der Waals surface area contributed by atoms with Crippen molar-refractivity contribution in [2.45, 2.75) is 19.1 Å². The maximum absolute atomic E-state index is 11.5. The fourth-order valence-corrected chi connectivity index (χ4v) is 2.57. The fraction of sp³-hybridized carbons (Fsp3) is 0.235. The van der Waals surface area contributed by atoms with Crippen LogP contribution in [0, 0.1) is 6.92 Å². The molecule has 0 saturated carbocycles. The highest BCUT2D eigenvalue weighted by atomic mass is 32.2. The minimum Gasteiger partial charge on any atom is -0.490 e. The Balaban J connectivity index is 2.29. The second kappa shape index (κ2) is 8.93. The molecule has 1 N–H and O–H groups in total. The van der Waals surface area contributed by atoms with E-state index in [0.717, 1.165) is 11.8 Å². The predicted octanol–water partition coefficient (Wildman–Crippen LogP) is 3.56. The highest BCUT2D eigenvalue weighted by molar-refractivity contribution is 8.03. The van der Waals surface area contributed by atoms with Crippen molar-refractivity contribution in [2.24, 2.45) is 0 Å². The van der Waals surface area contributed by atoms with Crippen molar-refractivity contribution >= 4 is 23.8 Å². The smallest absolute Gasteiger partial charge is 0.342 e. The van der Waals surface area contributed by atoms with Crippen molar-refractivity contribution in [3.63, 3.8) is 0 Å². The van der Waals surface area contributed by atoms with E-state index >= 15 is 0 Å². The van der Waals surface area contributed by atoms with Crippen LogP contribution in [0.1, 0.15) is 18.4 Å². The summed E-state index contributed by atoms with van der Waals surface area (Å²) in [6.45, 7) is 7.91. The number of benzene rings is 1. The number of ether oxygens (including phenoxy) is 2. The third kappa shape index (κ3) is 5.39. The Morgan fingerprint density at radius 2 is 2.16 bits per heavy atom. The van der Waals surface area contributed by atoms with Gasteiger partial charge in [-0.05, 0) is 42.5 Å². The molecule has 8 heteroatoms. The highest BCUT2D eigenvalue weighted by Crippen LogP contribution is 2.32. The summed E-state index contributed by atoms with van der Waals surface area (Å²) in [5.41, 5.74) is 0.649. The Morgan fingerprint density at radius 3 is 2.76 bits per heavy atom. The standard InChI is InChI=1S/C17H18N2O5S/c1-4-8-23-13-7-6-12(9-14(13)22-5-2)10-15(16(20)21)25-17-19-18-11(3)24-17/h4,6-7,9-10H,1,5,8H2,2-3H3,(H,20,21)/b15-10-. The van der Waals surface area contributed by atoms with Crippen LogP contribution >= 0.6 is 11.8 Å². The molecule has 0 spiro atoms. The molecule has 0 aliphatic carbocycles. The van der Waals surface area contributed by atoms with Crippen LogP contribution in [0.3, 0.4) is 0 Å². The van der Waals surface area contributed by atoms with E-state index < -0.39 is 5.97 Å². The molecule has 1 aromatic heterocycles. The van der Waals surface area contributed by atoms with Gasteiger partial charge in [-0.2, -0.15) is 0 Å². The van der Waals surface area contributed by atoms with Crippen molar-refractivity contribution in [3.05, 3.63) is 47.2 Å². The van der Waals surface area contributed by atoms with Crippen LogP contribution in [0.15, 0.2) is 45.4 Å². The number of aromatic nitrogens is 2. The zero-order chi connectivity index (χ0) is 18.2. The first-order valence-corrected chi connectivity index (χ1v) is 8.28. The molecule has 0 bridgehead atoms. The molecule has 0 aliphatic rings. The second-order valence-corrected chi connectivity index (χ2v) is 5.73. The van der Waals surface area contributed by atoms with E-state index in [1.54, 1.807) is 31.2 Å². The van der Waals surface area contributed by atoms with Gasteiger partial charge in [0.2, 0.25) is 5.89 Å². The van der Waals surface area contributed by atoms with Crippen LogP contribution in [0.25, 0.3) is 6.08 Å². The van der Waals surface area contributed by atoms with Gasteiger partial charge in [0.15, 0.2) is 11.5 Å². The van der Waals surface area contributed by atoms with E-state index in [-0.39, 0.29) is 10.1 Å². The first-order valence-electron chi connectivity index (χ1n) is 7.47. The van der Waals surface area contributed by atoms with Crippen molar-refractivity contribution in [1.29, 1.82) is 0 Å². The van der Waals surface area contributed by atoms with Crippen LogP contribution in [0.5, 0.6) is 11.5 Å². The van der Waals surface area contributed by atoms with Gasteiger partial charge >= 0.3 is 5.97 Å². The summed E-state index contributed by atoms with van der Waals surface area (Å²) in [5, 5.41) is 17.0. The first kappa shape index (κ1) is 18.6. The van der Waals surface area contributed by atoms with Crippen molar-refractivity contribution in [2.75, 3.05) is 13.2 Å². The van der Waals surface area contributed by atoms with Crippen LogP contribution in [-0.2, 0) is 4.79 Å². The number of rotatable bonds is 9. The Bertz CT molecular complexity index is 785. The van der Waals surface area contributed by atoms with Gasteiger partial charge in [0.25, 0.3) is 5.22 Å². The van der Waals surface area contributed by atoms with Crippen LogP contribution in [-0.4, -0.2) is 34.5 Å². The van der Waals surface area contributed by atoms with Gasteiger partial charge in [-0.15, -0.1) is 10.2 Å². The summed E-state index contributed by atoms with van der Waals surface area (Å²) < 4.78 is 16.3. The quantitative estimate of drug-likeness (QED) is 0.411. The molecular weight excluding hydrogens is 344 g/mol. The molecule has 0 radical (unpaired) electrons. The van der Waals surface area contributed by atoms with Gasteiger partial charge in [0.1, 0.15) is 11.5 Å². The molecular formula is C17H18N2O5S. The average Bonchev–Trinajstić information content (AvgIpc) is 2.99. The molecule has 0 aliphatic heterocycles. The molecule has 2 rings (SSSR count). The van der Waals surface area contributed by atoms with E-state index in [1.807, 2.05) is 6.92 Å². The minimum absolute atomic E-state index is 0.0471. The van der Waals surface area contributed by atoms with E-state index in [9.17, 15) is 9.90 Å². The minimum atomic E-state index is -1.09. The third-order valence-corrected chi connectivity index (χ3v) is 3.69. The third-order valence-electron chi connectivity index (χ3n) is 2.84. The van der Waals surface area contributed by atoms with Crippen LogP contribution in [0.4, 0.5) is 0 Å². The molecule has 0 amide bonds. The maximum Gasteiger partial charge on any atom is 0.342 e. The highest BCUT2D eigenvalue weighted by Gasteiger charge is 2.15. The molecule has 2 aromatic rings. The first-order chi connectivity index (χ1) is 12.0. The monoisotopic (exact) mass is 362 g/mol. The van der Waals surface area contributed by atoms with Gasteiger partial charge in [-0.3, -0.25) is 0 Å². The number of hydrogen-bond donors (Lipinski definition) is 1. The largest absolute Gasteiger partial charge is 0.490 e. The summed E-state index contributed by atoms with van der Waals surface area (Å²) in [4.78, 5) is 11.5. The number of nitrogens with zero attached hydrogens (tertiary/aromatic N) is 2. The average molecular weight is 362 g/mol. The number of carboxylic acid groups (broad SMARTS) is 1. The van der Waals surface area contributed by atoms with Crippen LogP contribution < -0.4 is 9.47 Å². The summed E-state index contributed by atoms with van der Waals surface area (Å²) in [5.74, 6) is 0.373. The molecule has 0 saturated heterocycles. The van der Waals surface area contributed by atoms with E-state index in [2.05, 4.69) is 16.8 Å². The molecule has 1 heterocycles. The number of carbonyl (C=O) groups is 1. The van der Waals surface area contributed by atoms with Gasteiger partial charge in [0.05, 0.1) is 6.61 Å². The normalized spacial score (nSPS) is 11.2. The molecule has 0 unspecified atom stereocenters. The molecule has 1 aromatic carbocycles. The van der Waals surface area contributed by atoms with Gasteiger partial charge < -0.3 is 19.0 Å². The topological polar surface area (TPSA) is 94.7 Å². The van der Waals surface area contributed by atoms with Crippen molar-refractivity contribution < 1.29 is 23.8 Å². The molecule has 0 atom stereocenters. The van der Waals surface area contributed by atoms with E-state index in [0.29, 0.717) is 36.2 Å². The van der Waals surface area contributed by atoms with E-state index in [4.69, 9.17) is 13.9 Å². The lowest BCUT2D eigenvalue weighted by Gasteiger charge is -2.11. The maximum atomic E-state index is 11.5. The molecule has 132 valence electrons. The fourth-order valence-electron chi connectivity index (χ4n) is 1.85.